The van der Waals surface area contributed by atoms with Crippen LogP contribution in [0.15, 0.2) is 24.3 Å². The van der Waals surface area contributed by atoms with Crippen LogP contribution in [0.4, 0.5) is 0 Å². The number of unbranched alkanes of at least 4 members (excludes halogenated alkanes) is 16. The van der Waals surface area contributed by atoms with Gasteiger partial charge in [-0.1, -0.05) is 111 Å². The van der Waals surface area contributed by atoms with Crippen LogP contribution < -0.4 is 4.74 Å². The fraction of sp³-hybridized carbons (Fsp3) is 0.733. The lowest BCUT2D eigenvalue weighted by Gasteiger charge is -2.05. The summed E-state index contributed by atoms with van der Waals surface area (Å²) in [6, 6.07) is 6.25. The summed E-state index contributed by atoms with van der Waals surface area (Å²) in [5.41, 5.74) is 0. The van der Waals surface area contributed by atoms with E-state index < -0.39 is 5.97 Å². The highest BCUT2D eigenvalue weighted by molar-refractivity contribution is 8.76. The van der Waals surface area contributed by atoms with Crippen molar-refractivity contribution in [2.45, 2.75) is 128 Å². The molecular formula is C30H50O5S2. The lowest BCUT2D eigenvalue weighted by Crippen LogP contribution is -2.07. The maximum atomic E-state index is 11.8. The van der Waals surface area contributed by atoms with E-state index in [1.54, 1.807) is 12.1 Å². The summed E-state index contributed by atoms with van der Waals surface area (Å²) in [5, 5.41) is 17.9. The summed E-state index contributed by atoms with van der Waals surface area (Å²) >= 11 is 0. The molecule has 0 heterocycles. The Labute approximate surface area is 233 Å². The minimum absolute atomic E-state index is 0.169. The van der Waals surface area contributed by atoms with E-state index in [1.807, 2.05) is 21.6 Å². The topological polar surface area (TPSA) is 83.8 Å². The van der Waals surface area contributed by atoms with E-state index >= 15 is 0 Å². The summed E-state index contributed by atoms with van der Waals surface area (Å²) in [4.78, 5) is 22.3. The fourth-order valence-corrected chi connectivity index (χ4v) is 6.45. The molecule has 0 saturated carbocycles. The third kappa shape index (κ3) is 23.5. The number of carbonyl (C=O) groups excluding carboxylic acids is 1. The Morgan fingerprint density at radius 3 is 1.38 bits per heavy atom. The van der Waals surface area contributed by atoms with Gasteiger partial charge in [0.2, 0.25) is 0 Å². The van der Waals surface area contributed by atoms with Gasteiger partial charge in [-0.15, -0.1) is 0 Å². The van der Waals surface area contributed by atoms with Gasteiger partial charge in [-0.05, 0) is 49.9 Å². The first-order chi connectivity index (χ1) is 18.1. The number of hydrogen-bond donors (Lipinski definition) is 2. The number of ether oxygens (including phenoxy) is 1. The number of phenolic OH excluding ortho intramolecular Hbond substituents is 1. The smallest absolute Gasteiger partial charge is 0.311 e. The molecule has 1 rings (SSSR count). The van der Waals surface area contributed by atoms with Crippen LogP contribution in [0.3, 0.4) is 0 Å². The maximum absolute atomic E-state index is 11.8. The fourth-order valence-electron chi connectivity index (χ4n) is 4.16. The van der Waals surface area contributed by atoms with Gasteiger partial charge >= 0.3 is 11.9 Å². The molecule has 0 saturated heterocycles. The number of phenols is 1. The number of carbonyl (C=O) groups is 2. The summed E-state index contributed by atoms with van der Waals surface area (Å²) in [6.07, 6.45) is 22.8. The van der Waals surface area contributed by atoms with Crippen molar-refractivity contribution in [2.75, 3.05) is 11.5 Å². The van der Waals surface area contributed by atoms with E-state index in [2.05, 4.69) is 0 Å². The van der Waals surface area contributed by atoms with Gasteiger partial charge in [-0.25, -0.2) is 0 Å². The van der Waals surface area contributed by atoms with Crippen LogP contribution in [0.5, 0.6) is 11.5 Å². The molecule has 0 aliphatic carbocycles. The second-order valence-electron chi connectivity index (χ2n) is 9.87. The third-order valence-electron chi connectivity index (χ3n) is 6.38. The van der Waals surface area contributed by atoms with Gasteiger partial charge in [-0.2, -0.15) is 0 Å². The molecule has 0 atom stereocenters. The number of benzene rings is 1. The molecule has 0 aromatic heterocycles. The molecule has 2 N–H and O–H groups in total. The van der Waals surface area contributed by atoms with Gasteiger partial charge in [0.15, 0.2) is 0 Å². The van der Waals surface area contributed by atoms with Crippen LogP contribution in [0.2, 0.25) is 0 Å². The highest BCUT2D eigenvalue weighted by Gasteiger charge is 2.05. The molecule has 0 bridgehead atoms. The van der Waals surface area contributed by atoms with Crippen LogP contribution in [0, 0.1) is 0 Å². The van der Waals surface area contributed by atoms with E-state index in [1.165, 1.54) is 114 Å². The van der Waals surface area contributed by atoms with Crippen LogP contribution in [0.25, 0.3) is 0 Å². The van der Waals surface area contributed by atoms with Crippen molar-refractivity contribution in [3.63, 3.8) is 0 Å². The van der Waals surface area contributed by atoms with E-state index in [4.69, 9.17) is 9.84 Å². The largest absolute Gasteiger partial charge is 0.508 e. The molecule has 0 fully saturated rings. The molecule has 0 amide bonds. The van der Waals surface area contributed by atoms with E-state index in [0.717, 1.165) is 25.7 Å². The highest BCUT2D eigenvalue weighted by Crippen LogP contribution is 2.25. The molecule has 0 unspecified atom stereocenters. The van der Waals surface area contributed by atoms with E-state index in [9.17, 15) is 14.7 Å². The first kappa shape index (κ1) is 33.7. The molecular weight excluding hydrogens is 504 g/mol. The number of rotatable bonds is 26. The highest BCUT2D eigenvalue weighted by atomic mass is 33.1. The van der Waals surface area contributed by atoms with Crippen molar-refractivity contribution in [1.82, 2.24) is 0 Å². The molecule has 0 aliphatic heterocycles. The quantitative estimate of drug-likeness (QED) is 0.0510. The van der Waals surface area contributed by atoms with Crippen LogP contribution >= 0.6 is 21.6 Å². The Kier molecular flexibility index (Phi) is 22.7. The number of carboxylic acid groups (broad SMARTS) is 1. The van der Waals surface area contributed by atoms with Crippen molar-refractivity contribution < 1.29 is 24.5 Å². The van der Waals surface area contributed by atoms with Gasteiger partial charge in [0.25, 0.3) is 0 Å². The number of aliphatic carboxylic acids is 1. The number of carboxylic acids is 1. The predicted molar refractivity (Wildman–Crippen MR) is 159 cm³/mol. The Hall–Kier alpha value is -1.34. The van der Waals surface area contributed by atoms with Gasteiger partial charge in [0.1, 0.15) is 11.5 Å². The van der Waals surface area contributed by atoms with Crippen LogP contribution in [0.1, 0.15) is 128 Å². The van der Waals surface area contributed by atoms with Crippen molar-refractivity contribution in [2.24, 2.45) is 0 Å². The molecule has 37 heavy (non-hydrogen) atoms. The van der Waals surface area contributed by atoms with Crippen molar-refractivity contribution >= 4 is 33.5 Å². The number of aromatic hydroxyl groups is 1. The Morgan fingerprint density at radius 2 is 0.946 bits per heavy atom. The zero-order valence-electron chi connectivity index (χ0n) is 22.8. The minimum atomic E-state index is -0.668. The predicted octanol–water partition coefficient (Wildman–Crippen LogP) is 9.57. The lowest BCUT2D eigenvalue weighted by molar-refractivity contribution is -0.137. The van der Waals surface area contributed by atoms with Crippen molar-refractivity contribution in [3.8, 4) is 11.5 Å². The molecule has 0 radical (unpaired) electrons. The molecule has 212 valence electrons. The minimum Gasteiger partial charge on any atom is -0.508 e. The van der Waals surface area contributed by atoms with Gasteiger partial charge in [0.05, 0.1) is 0 Å². The summed E-state index contributed by atoms with van der Waals surface area (Å²) < 4.78 is 5.26. The SMILES string of the molecule is O=C(O)CCCCCCCCCCCSSCCCCCCCCCCCC(=O)Oc1ccc(O)cc1. The summed E-state index contributed by atoms with van der Waals surface area (Å²) in [7, 11) is 4.08. The first-order valence-corrected chi connectivity index (χ1v) is 17.0. The standard InChI is InChI=1S/C30H50O5S2/c31-27-21-23-28(24-22-27)35-30(34)20-16-12-8-4-2-6-10-14-18-26-37-36-25-17-13-9-5-1-3-7-11-15-19-29(32)33/h21-24,31H,1-20,25-26H2,(H,32,33). The Balaban J connectivity index is 1.70. The van der Waals surface area contributed by atoms with Gasteiger partial charge in [-0.3, -0.25) is 9.59 Å². The average molecular weight is 555 g/mol. The van der Waals surface area contributed by atoms with Crippen LogP contribution in [-0.2, 0) is 9.59 Å². The maximum Gasteiger partial charge on any atom is 0.311 e. The molecule has 1 aromatic rings. The molecule has 0 spiro atoms. The Bertz CT molecular complexity index is 681. The van der Waals surface area contributed by atoms with E-state index in [0.29, 0.717) is 18.6 Å². The van der Waals surface area contributed by atoms with Crippen LogP contribution in [-0.4, -0.2) is 33.7 Å². The van der Waals surface area contributed by atoms with Gasteiger partial charge < -0.3 is 14.9 Å². The normalized spacial score (nSPS) is 11.0. The third-order valence-corrected chi connectivity index (χ3v) is 8.96. The number of esters is 1. The Morgan fingerprint density at radius 1 is 0.568 bits per heavy atom. The first-order valence-electron chi connectivity index (χ1n) is 14.5. The second kappa shape index (κ2) is 25.0. The summed E-state index contributed by atoms with van der Waals surface area (Å²) in [6.45, 7) is 0. The second-order valence-corrected chi connectivity index (χ2v) is 12.6. The molecule has 0 aliphatic rings. The lowest BCUT2D eigenvalue weighted by atomic mass is 10.1. The van der Waals surface area contributed by atoms with E-state index in [-0.39, 0.29) is 11.7 Å². The average Bonchev–Trinajstić information content (AvgIpc) is 2.87. The zero-order chi connectivity index (χ0) is 26.8. The molecule has 1 aromatic carbocycles. The summed E-state index contributed by atoms with van der Waals surface area (Å²) in [5.74, 6) is 2.33. The zero-order valence-corrected chi connectivity index (χ0v) is 24.4. The van der Waals surface area contributed by atoms with Gasteiger partial charge in [0, 0.05) is 24.3 Å². The number of hydrogen-bond acceptors (Lipinski definition) is 6. The monoisotopic (exact) mass is 554 g/mol. The van der Waals surface area contributed by atoms with Crippen molar-refractivity contribution in [1.29, 1.82) is 0 Å². The molecule has 7 heteroatoms. The van der Waals surface area contributed by atoms with Crippen molar-refractivity contribution in [3.05, 3.63) is 24.3 Å². The molecule has 5 nitrogen and oxygen atoms in total.